The van der Waals surface area contributed by atoms with Gasteiger partial charge in [-0.05, 0) is 44.9 Å². The molecule has 0 unspecified atom stereocenters. The first-order valence-corrected chi connectivity index (χ1v) is 8.36. The maximum Gasteiger partial charge on any atom is 0.407 e. The zero-order valence-corrected chi connectivity index (χ0v) is 15.1. The number of nitrogens with zero attached hydrogens (tertiary/aromatic N) is 1. The van der Waals surface area contributed by atoms with Gasteiger partial charge in [0.1, 0.15) is 11.5 Å². The van der Waals surface area contributed by atoms with Crippen LogP contribution in [0.3, 0.4) is 0 Å². The fraction of sp³-hybridized carbons (Fsp3) is 0.875. The van der Waals surface area contributed by atoms with Gasteiger partial charge < -0.3 is 15.0 Å². The third-order valence-corrected chi connectivity index (χ3v) is 3.60. The van der Waals surface area contributed by atoms with Crippen molar-refractivity contribution in [3.8, 4) is 0 Å². The Kier molecular flexibility index (Phi) is 6.53. The van der Waals surface area contributed by atoms with Crippen LogP contribution >= 0.6 is 11.6 Å². The highest BCUT2D eigenvalue weighted by atomic mass is 35.5. The van der Waals surface area contributed by atoms with E-state index in [2.05, 4.69) is 5.32 Å². The van der Waals surface area contributed by atoms with Crippen molar-refractivity contribution in [2.75, 3.05) is 25.5 Å². The Hall–Kier alpha value is -0.970. The molecular formula is C16H29ClN2O3. The minimum Gasteiger partial charge on any atom is -0.444 e. The molecule has 0 heterocycles. The van der Waals surface area contributed by atoms with Crippen LogP contribution in [-0.2, 0) is 9.53 Å². The molecule has 0 atom stereocenters. The summed E-state index contributed by atoms with van der Waals surface area (Å²) in [4.78, 5) is 25.5. The van der Waals surface area contributed by atoms with Gasteiger partial charge in [-0.25, -0.2) is 4.79 Å². The maximum absolute atomic E-state index is 12.0. The molecule has 0 aromatic carbocycles. The summed E-state index contributed by atoms with van der Waals surface area (Å²) < 4.78 is 5.23. The van der Waals surface area contributed by atoms with E-state index in [1.807, 2.05) is 39.5 Å². The lowest BCUT2D eigenvalue weighted by Crippen LogP contribution is -2.46. The summed E-state index contributed by atoms with van der Waals surface area (Å²) in [6.07, 6.45) is 1.93. The molecule has 0 radical (unpaired) electrons. The van der Waals surface area contributed by atoms with Crippen molar-refractivity contribution < 1.29 is 14.3 Å². The topological polar surface area (TPSA) is 58.6 Å². The Morgan fingerprint density at radius 1 is 1.23 bits per heavy atom. The van der Waals surface area contributed by atoms with Crippen LogP contribution in [-0.4, -0.2) is 48.0 Å². The van der Waals surface area contributed by atoms with E-state index in [9.17, 15) is 9.59 Å². The third-order valence-electron chi connectivity index (χ3n) is 3.37. The van der Waals surface area contributed by atoms with Crippen LogP contribution < -0.4 is 5.32 Å². The van der Waals surface area contributed by atoms with E-state index in [0.29, 0.717) is 19.0 Å². The van der Waals surface area contributed by atoms with Gasteiger partial charge in [-0.15, -0.1) is 11.6 Å². The first kappa shape index (κ1) is 19.1. The fourth-order valence-electron chi connectivity index (χ4n) is 2.15. The van der Waals surface area contributed by atoms with E-state index in [-0.39, 0.29) is 17.2 Å². The van der Waals surface area contributed by atoms with Crippen molar-refractivity contribution in [1.82, 2.24) is 10.2 Å². The normalized spacial score (nSPS) is 15.4. The lowest BCUT2D eigenvalue weighted by Gasteiger charge is -2.33. The lowest BCUT2D eigenvalue weighted by molar-refractivity contribution is -0.130. The number of nitrogens with one attached hydrogen (secondary N) is 1. The fourth-order valence-corrected chi connectivity index (χ4v) is 2.32. The standard InChI is InChI=1S/C16H29ClN2O3/c1-15(2,3)22-14(21)18-10-16(4,5)11-19(13(20)8-17)9-12-6-7-12/h12H,6-11H2,1-5H3,(H,18,21). The third kappa shape index (κ3) is 7.87. The second-order valence-corrected chi connectivity index (χ2v) is 8.14. The predicted octanol–water partition coefficient (Wildman–Crippen LogP) is 3.01. The average molecular weight is 333 g/mol. The minimum absolute atomic E-state index is 0.00228. The second-order valence-electron chi connectivity index (χ2n) is 7.87. The van der Waals surface area contributed by atoms with Crippen LogP contribution in [0.2, 0.25) is 0 Å². The molecule has 1 rings (SSSR count). The summed E-state index contributed by atoms with van der Waals surface area (Å²) in [5.74, 6) is 0.572. The van der Waals surface area contributed by atoms with Crippen molar-refractivity contribution in [3.63, 3.8) is 0 Å². The molecule has 1 fully saturated rings. The van der Waals surface area contributed by atoms with Gasteiger partial charge in [-0.3, -0.25) is 4.79 Å². The summed E-state index contributed by atoms with van der Waals surface area (Å²) in [7, 11) is 0. The highest BCUT2D eigenvalue weighted by Crippen LogP contribution is 2.31. The molecule has 0 aromatic heterocycles. The summed E-state index contributed by atoms with van der Waals surface area (Å²) in [6, 6.07) is 0. The second kappa shape index (κ2) is 7.53. The molecule has 128 valence electrons. The molecule has 5 nitrogen and oxygen atoms in total. The summed E-state index contributed by atoms with van der Waals surface area (Å²) in [5, 5.41) is 2.78. The van der Waals surface area contributed by atoms with Crippen molar-refractivity contribution in [1.29, 1.82) is 0 Å². The zero-order chi connectivity index (χ0) is 17.0. The maximum atomic E-state index is 12.0. The van der Waals surface area contributed by atoms with Crippen LogP contribution in [0.15, 0.2) is 0 Å². The number of carbonyl (C=O) groups is 2. The molecule has 22 heavy (non-hydrogen) atoms. The highest BCUT2D eigenvalue weighted by molar-refractivity contribution is 6.27. The largest absolute Gasteiger partial charge is 0.444 e. The van der Waals surface area contributed by atoms with Gasteiger partial charge in [0.15, 0.2) is 0 Å². The molecule has 1 aliphatic carbocycles. The van der Waals surface area contributed by atoms with Crippen LogP contribution in [0.4, 0.5) is 4.79 Å². The quantitative estimate of drug-likeness (QED) is 0.729. The van der Waals surface area contributed by atoms with Crippen LogP contribution in [0, 0.1) is 11.3 Å². The van der Waals surface area contributed by atoms with Gasteiger partial charge in [0, 0.05) is 19.6 Å². The number of hydrogen-bond donors (Lipinski definition) is 1. The summed E-state index contributed by atoms with van der Waals surface area (Å²) in [6.45, 7) is 11.3. The minimum atomic E-state index is -0.513. The highest BCUT2D eigenvalue weighted by Gasteiger charge is 2.31. The smallest absolute Gasteiger partial charge is 0.407 e. The van der Waals surface area contributed by atoms with E-state index in [1.54, 1.807) is 0 Å². The van der Waals surface area contributed by atoms with Gasteiger partial charge in [0.2, 0.25) is 5.91 Å². The molecular weight excluding hydrogens is 304 g/mol. The van der Waals surface area contributed by atoms with E-state index in [0.717, 1.165) is 6.54 Å². The van der Waals surface area contributed by atoms with Crippen LogP contribution in [0.25, 0.3) is 0 Å². The Bertz CT molecular complexity index is 401. The Labute approximate surface area is 138 Å². The molecule has 0 bridgehead atoms. The molecule has 1 N–H and O–H groups in total. The molecule has 1 saturated carbocycles. The number of ether oxygens (including phenoxy) is 1. The first-order chi connectivity index (χ1) is 10.0. The summed E-state index contributed by atoms with van der Waals surface area (Å²) >= 11 is 5.70. The SMILES string of the molecule is CC(C)(CNC(=O)OC(C)(C)C)CN(CC1CC1)C(=O)CCl. The molecule has 0 aromatic rings. The monoisotopic (exact) mass is 332 g/mol. The number of hydrogen-bond acceptors (Lipinski definition) is 3. The first-order valence-electron chi connectivity index (χ1n) is 7.83. The Morgan fingerprint density at radius 2 is 1.82 bits per heavy atom. The Morgan fingerprint density at radius 3 is 2.27 bits per heavy atom. The number of amides is 2. The van der Waals surface area contributed by atoms with Crippen molar-refractivity contribution >= 4 is 23.6 Å². The van der Waals surface area contributed by atoms with E-state index >= 15 is 0 Å². The number of alkyl halides is 1. The van der Waals surface area contributed by atoms with Crippen molar-refractivity contribution in [2.24, 2.45) is 11.3 Å². The number of rotatable bonds is 7. The lowest BCUT2D eigenvalue weighted by atomic mass is 9.92. The molecule has 2 amide bonds. The van der Waals surface area contributed by atoms with Crippen molar-refractivity contribution in [3.05, 3.63) is 0 Å². The average Bonchev–Trinajstić information content (AvgIpc) is 3.16. The molecule has 1 aliphatic rings. The van der Waals surface area contributed by atoms with Gasteiger partial charge >= 0.3 is 6.09 Å². The van der Waals surface area contributed by atoms with Crippen LogP contribution in [0.5, 0.6) is 0 Å². The molecule has 6 heteroatoms. The zero-order valence-electron chi connectivity index (χ0n) is 14.4. The molecule has 0 aliphatic heterocycles. The van der Waals surface area contributed by atoms with Crippen molar-refractivity contribution in [2.45, 2.75) is 53.1 Å². The van der Waals surface area contributed by atoms with Gasteiger partial charge in [0.05, 0.1) is 0 Å². The Balaban J connectivity index is 2.48. The van der Waals surface area contributed by atoms with Crippen LogP contribution in [0.1, 0.15) is 47.5 Å². The molecule has 0 spiro atoms. The van der Waals surface area contributed by atoms with Gasteiger partial charge in [-0.1, -0.05) is 13.8 Å². The number of halogens is 1. The molecule has 0 saturated heterocycles. The van der Waals surface area contributed by atoms with E-state index in [1.165, 1.54) is 12.8 Å². The van der Waals surface area contributed by atoms with E-state index < -0.39 is 11.7 Å². The van der Waals surface area contributed by atoms with E-state index in [4.69, 9.17) is 16.3 Å². The predicted molar refractivity (Wildman–Crippen MR) is 88.0 cm³/mol. The van der Waals surface area contributed by atoms with Gasteiger partial charge in [-0.2, -0.15) is 0 Å². The number of carbonyl (C=O) groups excluding carboxylic acids is 2. The number of alkyl carbamates (subject to hydrolysis) is 1. The van der Waals surface area contributed by atoms with Gasteiger partial charge in [0.25, 0.3) is 0 Å². The summed E-state index contributed by atoms with van der Waals surface area (Å²) in [5.41, 5.74) is -0.756.